The molecule has 6 nitrogen and oxygen atoms in total. The maximum atomic E-state index is 5.41. The van der Waals surface area contributed by atoms with Crippen molar-refractivity contribution >= 4 is 194 Å². The Labute approximate surface area is 754 Å². The molecule has 20 aromatic carbocycles. The van der Waals surface area contributed by atoms with Crippen molar-refractivity contribution in [1.82, 2.24) is 28.2 Å². The Bertz CT molecular complexity index is 9550. The molecule has 0 spiro atoms. The lowest BCUT2D eigenvalue weighted by atomic mass is 9.95. The van der Waals surface area contributed by atoms with Gasteiger partial charge in [0.25, 0.3) is 0 Å². The molecule has 8 heterocycles. The van der Waals surface area contributed by atoms with Gasteiger partial charge in [-0.15, -0.1) is 22.7 Å². The van der Waals surface area contributed by atoms with Crippen molar-refractivity contribution in [3.63, 3.8) is 0 Å². The average molecular weight is 1690 g/mol. The second-order valence-corrected chi connectivity index (χ2v) is 36.2. The van der Waals surface area contributed by atoms with Gasteiger partial charge in [0.2, 0.25) is 0 Å². The predicted molar refractivity (Wildman–Crippen MR) is 554 cm³/mol. The predicted octanol–water partition coefficient (Wildman–Crippen LogP) is 33.9. The third-order valence-corrected chi connectivity index (χ3v) is 29.3. The van der Waals surface area contributed by atoms with Crippen LogP contribution < -0.4 is 0 Å². The highest BCUT2D eigenvalue weighted by atomic mass is 32.1. The van der Waals surface area contributed by atoms with Crippen LogP contribution in [0.4, 0.5) is 0 Å². The standard InChI is InChI=1S/2C61H37N3S/c1-3-16-38(17-4-1)40-20-15-21-43(34-40)63-52-27-12-8-22-44(52)48-35-41(30-32-54(48)63)42-31-33-55-49(36-42)45-23-9-13-28-53(45)64(55)56-37-50-58(59-47-25-10-14-29-57(47)65-61(56)59)46-24-7-11-26-51(46)62-60(50)39-18-5-2-6-19-39;1-3-15-38(16-4-1)39-27-31-43(32-28-39)63-52-24-12-8-19-44(52)48-35-41(29-33-54(48)63)42-30-34-55-49(36-42)45-20-9-13-25-53(45)64(55)56-37-50-58(59-47-22-10-14-26-57(47)65-61(56)59)46-21-7-11-23-51(46)62-60(50)40-17-5-2-6-18-40/h2*1-37H. The van der Waals surface area contributed by atoms with Gasteiger partial charge in [0.1, 0.15) is 0 Å². The van der Waals surface area contributed by atoms with E-state index in [4.69, 9.17) is 9.97 Å². The molecule has 28 aromatic rings. The number of aromatic nitrogens is 6. The zero-order valence-corrected chi connectivity index (χ0v) is 71.9. The van der Waals surface area contributed by atoms with E-state index >= 15 is 0 Å². The van der Waals surface area contributed by atoms with Crippen LogP contribution in [0.15, 0.2) is 449 Å². The maximum Gasteiger partial charge on any atom is 0.0789 e. The zero-order chi connectivity index (χ0) is 85.2. The van der Waals surface area contributed by atoms with Crippen molar-refractivity contribution in [3.8, 4) is 89.8 Å². The number of fused-ring (bicyclic) bond motifs is 26. The van der Waals surface area contributed by atoms with E-state index < -0.39 is 0 Å². The normalized spacial score (nSPS) is 12.0. The van der Waals surface area contributed by atoms with E-state index in [0.717, 1.165) is 55.7 Å². The first kappa shape index (κ1) is 73.7. The first-order chi connectivity index (χ1) is 64.5. The van der Waals surface area contributed by atoms with Crippen LogP contribution in [0, 0.1) is 0 Å². The van der Waals surface area contributed by atoms with Crippen molar-refractivity contribution < 1.29 is 0 Å². The monoisotopic (exact) mass is 1690 g/mol. The maximum absolute atomic E-state index is 5.41. The Morgan fingerprint density at radius 2 is 0.446 bits per heavy atom. The van der Waals surface area contributed by atoms with E-state index in [1.807, 2.05) is 22.7 Å². The molecule has 28 rings (SSSR count). The van der Waals surface area contributed by atoms with Crippen molar-refractivity contribution in [2.24, 2.45) is 0 Å². The van der Waals surface area contributed by atoms with Gasteiger partial charge in [0, 0.05) is 129 Å². The van der Waals surface area contributed by atoms with Gasteiger partial charge in [-0.2, -0.15) is 0 Å². The van der Waals surface area contributed by atoms with Gasteiger partial charge >= 0.3 is 0 Å². The fraction of sp³-hybridized carbons (Fsp3) is 0. The topological polar surface area (TPSA) is 45.5 Å². The molecule has 0 bridgehead atoms. The van der Waals surface area contributed by atoms with Gasteiger partial charge in [0.05, 0.1) is 87.3 Å². The number of benzene rings is 20. The highest BCUT2D eigenvalue weighted by Crippen LogP contribution is 2.52. The van der Waals surface area contributed by atoms with Crippen LogP contribution in [0.5, 0.6) is 0 Å². The molecule has 8 heteroatoms. The Kier molecular flexibility index (Phi) is 16.7. The summed E-state index contributed by atoms with van der Waals surface area (Å²) in [4.78, 5) is 10.8. The second kappa shape index (κ2) is 29.5. The van der Waals surface area contributed by atoms with E-state index in [9.17, 15) is 0 Å². The average Bonchev–Trinajstić information content (AvgIpc) is 1.51. The minimum absolute atomic E-state index is 1.00. The van der Waals surface area contributed by atoms with Gasteiger partial charge < -0.3 is 18.3 Å². The Morgan fingerprint density at radius 1 is 0.162 bits per heavy atom. The molecule has 0 atom stereocenters. The summed E-state index contributed by atoms with van der Waals surface area (Å²) >= 11 is 3.77. The number of thiophene rings is 2. The number of nitrogens with zero attached hydrogens (tertiary/aromatic N) is 6. The van der Waals surface area contributed by atoms with Crippen LogP contribution in [0.1, 0.15) is 0 Å². The Morgan fingerprint density at radius 3 is 0.854 bits per heavy atom. The Hall–Kier alpha value is -16.6. The summed E-state index contributed by atoms with van der Waals surface area (Å²) in [6.07, 6.45) is 0. The third-order valence-electron chi connectivity index (χ3n) is 27.0. The second-order valence-electron chi connectivity index (χ2n) is 34.1. The van der Waals surface area contributed by atoms with Gasteiger partial charge in [-0.25, -0.2) is 9.97 Å². The SMILES string of the molecule is c1ccc(-c2ccc(-n3c4ccccc4c4cc(-c5ccc6c(c5)c5ccccc5n6-c5cc6c(-c7ccccc7)nc7ccccc7c6c6c5sc5ccccc56)ccc43)cc2)cc1.c1ccc(-c2cccc(-n3c4ccccc4c4cc(-c5ccc6c(c5)c5ccccc5n6-c5cc6c(-c7ccccc7)nc7ccccc7c6c6c5sc5ccccc56)ccc43)c2)cc1. The van der Waals surface area contributed by atoms with Gasteiger partial charge in [0.15, 0.2) is 0 Å². The van der Waals surface area contributed by atoms with Gasteiger partial charge in [-0.3, -0.25) is 0 Å². The largest absolute Gasteiger partial charge is 0.309 e. The molecule has 0 saturated heterocycles. The van der Waals surface area contributed by atoms with Crippen molar-refractivity contribution in [2.45, 2.75) is 0 Å². The number of hydrogen-bond donors (Lipinski definition) is 0. The molecule has 0 aliphatic carbocycles. The Balaban J connectivity index is 0.000000134. The zero-order valence-electron chi connectivity index (χ0n) is 70.2. The van der Waals surface area contributed by atoms with E-state index in [2.05, 4.69) is 467 Å². The summed E-state index contributed by atoms with van der Waals surface area (Å²) in [7, 11) is 0. The number of rotatable bonds is 10. The number of para-hydroxylation sites is 6. The summed E-state index contributed by atoms with van der Waals surface area (Å²) in [6.45, 7) is 0. The molecular formula is C122H74N6S2. The van der Waals surface area contributed by atoms with E-state index in [-0.39, 0.29) is 0 Å². The van der Waals surface area contributed by atoms with Crippen molar-refractivity contribution in [2.75, 3.05) is 0 Å². The summed E-state index contributed by atoms with van der Waals surface area (Å²) < 4.78 is 14.9. The molecule has 604 valence electrons. The third kappa shape index (κ3) is 11.5. The fourth-order valence-corrected chi connectivity index (χ4v) is 23.6. The van der Waals surface area contributed by atoms with Crippen LogP contribution in [-0.2, 0) is 0 Å². The van der Waals surface area contributed by atoms with Crippen LogP contribution in [-0.4, -0.2) is 28.2 Å². The fourth-order valence-electron chi connectivity index (χ4n) is 21.2. The molecule has 0 radical (unpaired) electrons. The molecule has 0 amide bonds. The van der Waals surface area contributed by atoms with Gasteiger partial charge in [-0.1, -0.05) is 315 Å². The number of pyridine rings is 2. The number of hydrogen-bond acceptors (Lipinski definition) is 4. The molecule has 0 N–H and O–H groups in total. The van der Waals surface area contributed by atoms with Crippen LogP contribution in [0.25, 0.3) is 261 Å². The minimum Gasteiger partial charge on any atom is -0.309 e. The van der Waals surface area contributed by atoms with Crippen molar-refractivity contribution in [3.05, 3.63) is 449 Å². The van der Waals surface area contributed by atoms with Crippen LogP contribution in [0.2, 0.25) is 0 Å². The molecule has 0 aliphatic heterocycles. The highest BCUT2D eigenvalue weighted by Gasteiger charge is 2.28. The summed E-state index contributed by atoms with van der Waals surface area (Å²) in [5.74, 6) is 0. The minimum atomic E-state index is 1.00. The summed E-state index contributed by atoms with van der Waals surface area (Å²) in [6, 6.07) is 164. The molecule has 130 heavy (non-hydrogen) atoms. The summed E-state index contributed by atoms with van der Waals surface area (Å²) in [5.41, 5.74) is 30.0. The van der Waals surface area contributed by atoms with E-state index in [0.29, 0.717) is 0 Å². The molecular weight excluding hydrogens is 1610 g/mol. The first-order valence-corrected chi connectivity index (χ1v) is 46.0. The first-order valence-electron chi connectivity index (χ1n) is 44.4. The molecule has 0 unspecified atom stereocenters. The van der Waals surface area contributed by atoms with Crippen LogP contribution >= 0.6 is 22.7 Å². The smallest absolute Gasteiger partial charge is 0.0789 e. The van der Waals surface area contributed by atoms with Gasteiger partial charge in [-0.05, 0) is 178 Å². The van der Waals surface area contributed by atoms with Crippen LogP contribution in [0.3, 0.4) is 0 Å². The molecule has 0 aliphatic rings. The summed E-state index contributed by atoms with van der Waals surface area (Å²) in [5, 5.41) is 22.2. The molecule has 0 saturated carbocycles. The molecule has 8 aromatic heterocycles. The molecule has 0 fully saturated rings. The lowest BCUT2D eigenvalue weighted by Gasteiger charge is -2.16. The van der Waals surface area contributed by atoms with E-state index in [1.165, 1.54) is 205 Å². The van der Waals surface area contributed by atoms with Crippen molar-refractivity contribution in [1.29, 1.82) is 0 Å². The quantitative estimate of drug-likeness (QED) is 0.128. The van der Waals surface area contributed by atoms with E-state index in [1.54, 1.807) is 0 Å². The lowest BCUT2D eigenvalue weighted by Crippen LogP contribution is -1.97. The lowest BCUT2D eigenvalue weighted by molar-refractivity contribution is 1.18. The highest BCUT2D eigenvalue weighted by molar-refractivity contribution is 7.27.